The van der Waals surface area contributed by atoms with E-state index in [4.69, 9.17) is 10.00 Å². The van der Waals surface area contributed by atoms with Gasteiger partial charge >= 0.3 is 0 Å². The largest absolute Gasteiger partial charge is 0.488 e. The van der Waals surface area contributed by atoms with Crippen LogP contribution in [0.25, 0.3) is 0 Å². The number of carbonyl (C=O) groups is 1. The lowest BCUT2D eigenvalue weighted by molar-refractivity contribution is -0.894. The van der Waals surface area contributed by atoms with E-state index in [1.165, 1.54) is 0 Å². The third-order valence-corrected chi connectivity index (χ3v) is 3.90. The minimum atomic E-state index is -0.227. The fourth-order valence-corrected chi connectivity index (χ4v) is 2.20. The van der Waals surface area contributed by atoms with Crippen molar-refractivity contribution in [3.8, 4) is 11.8 Å². The van der Waals surface area contributed by atoms with Crippen LogP contribution in [0.2, 0.25) is 0 Å². The number of rotatable bonds is 7. The van der Waals surface area contributed by atoms with Crippen molar-refractivity contribution in [3.63, 3.8) is 0 Å². The van der Waals surface area contributed by atoms with Gasteiger partial charge in [-0.15, -0.1) is 0 Å². The molecule has 0 fully saturated rings. The highest BCUT2D eigenvalue weighted by Gasteiger charge is 2.21. The van der Waals surface area contributed by atoms with Crippen LogP contribution in [0.5, 0.6) is 5.75 Å². The standard InChI is InChI=1S/C19H21N3O2/c1-15(19(23)21-17-8-6-7-16(13-17)14-20)22(2)11-12-24-18-9-4-3-5-10-18/h3-10,13,15H,11-12H2,1-2H3,(H,21,23)/p+1/t15-/m1/s1. The SMILES string of the molecule is C[C@H](C(=O)Nc1cccc(C#N)c1)[NH+](C)CCOc1ccccc1. The van der Waals surface area contributed by atoms with E-state index in [9.17, 15) is 4.79 Å². The van der Waals surface area contributed by atoms with Crippen LogP contribution in [-0.4, -0.2) is 32.1 Å². The van der Waals surface area contributed by atoms with E-state index in [1.807, 2.05) is 44.3 Å². The molecule has 0 heterocycles. The molecule has 1 amide bonds. The maximum absolute atomic E-state index is 12.3. The molecule has 0 aliphatic rings. The molecule has 0 radical (unpaired) electrons. The number of quaternary nitrogens is 1. The summed E-state index contributed by atoms with van der Waals surface area (Å²) in [7, 11) is 1.96. The fourth-order valence-electron chi connectivity index (χ4n) is 2.20. The smallest absolute Gasteiger partial charge is 0.282 e. The summed E-state index contributed by atoms with van der Waals surface area (Å²) in [6.45, 7) is 3.13. The number of likely N-dealkylation sites (N-methyl/N-ethyl adjacent to an activating group) is 1. The Morgan fingerprint density at radius 3 is 2.71 bits per heavy atom. The number of para-hydroxylation sites is 1. The number of amides is 1. The zero-order valence-electron chi connectivity index (χ0n) is 14.0. The third kappa shape index (κ3) is 5.11. The second-order valence-electron chi connectivity index (χ2n) is 5.66. The zero-order chi connectivity index (χ0) is 17.4. The molecule has 124 valence electrons. The van der Waals surface area contributed by atoms with Gasteiger partial charge in [-0.05, 0) is 37.3 Å². The first kappa shape index (κ1) is 17.5. The second kappa shape index (κ2) is 8.70. The summed E-state index contributed by atoms with van der Waals surface area (Å²) in [5, 5.41) is 11.8. The van der Waals surface area contributed by atoms with Crippen LogP contribution < -0.4 is 15.0 Å². The molecule has 5 heteroatoms. The van der Waals surface area contributed by atoms with Gasteiger partial charge in [-0.3, -0.25) is 4.79 Å². The molecule has 0 bridgehead atoms. The zero-order valence-corrected chi connectivity index (χ0v) is 14.0. The van der Waals surface area contributed by atoms with Gasteiger partial charge in [0.25, 0.3) is 5.91 Å². The van der Waals surface area contributed by atoms with Crippen LogP contribution >= 0.6 is 0 Å². The Kier molecular flexibility index (Phi) is 6.35. The van der Waals surface area contributed by atoms with Crippen molar-refractivity contribution in [3.05, 3.63) is 60.2 Å². The van der Waals surface area contributed by atoms with Crippen LogP contribution in [0.4, 0.5) is 5.69 Å². The van der Waals surface area contributed by atoms with Crippen molar-refractivity contribution in [1.29, 1.82) is 5.26 Å². The number of hydrogen-bond donors (Lipinski definition) is 2. The summed E-state index contributed by atoms with van der Waals surface area (Å²) >= 11 is 0. The van der Waals surface area contributed by atoms with Gasteiger partial charge in [0.05, 0.1) is 18.7 Å². The summed E-state index contributed by atoms with van der Waals surface area (Å²) in [6, 6.07) is 18.4. The highest BCUT2D eigenvalue weighted by molar-refractivity contribution is 5.93. The lowest BCUT2D eigenvalue weighted by Crippen LogP contribution is -3.14. The molecule has 0 aromatic heterocycles. The number of nitrogens with zero attached hydrogens (tertiary/aromatic N) is 1. The molecule has 24 heavy (non-hydrogen) atoms. The summed E-state index contributed by atoms with van der Waals surface area (Å²) in [4.78, 5) is 13.4. The van der Waals surface area contributed by atoms with Gasteiger partial charge in [0, 0.05) is 5.69 Å². The lowest BCUT2D eigenvalue weighted by Gasteiger charge is -2.21. The maximum Gasteiger partial charge on any atom is 0.282 e. The molecule has 2 aromatic rings. The van der Waals surface area contributed by atoms with Crippen molar-refractivity contribution in [2.24, 2.45) is 0 Å². The van der Waals surface area contributed by atoms with E-state index in [0.29, 0.717) is 24.4 Å². The van der Waals surface area contributed by atoms with E-state index in [-0.39, 0.29) is 11.9 Å². The monoisotopic (exact) mass is 324 g/mol. The topological polar surface area (TPSA) is 66.6 Å². The second-order valence-corrected chi connectivity index (χ2v) is 5.66. The number of anilines is 1. The fraction of sp³-hybridized carbons (Fsp3) is 0.263. The molecule has 0 aliphatic heterocycles. The average molecular weight is 324 g/mol. The number of nitrogens with one attached hydrogen (secondary N) is 2. The molecule has 0 spiro atoms. The number of carbonyl (C=O) groups excluding carboxylic acids is 1. The first-order chi connectivity index (χ1) is 11.6. The molecule has 2 rings (SSSR count). The molecule has 2 aromatic carbocycles. The molecule has 2 atom stereocenters. The van der Waals surface area contributed by atoms with Gasteiger partial charge in [0.2, 0.25) is 0 Å². The van der Waals surface area contributed by atoms with E-state index >= 15 is 0 Å². The van der Waals surface area contributed by atoms with E-state index in [1.54, 1.807) is 24.3 Å². The van der Waals surface area contributed by atoms with Crippen LogP contribution in [0.15, 0.2) is 54.6 Å². The van der Waals surface area contributed by atoms with E-state index < -0.39 is 0 Å². The summed E-state index contributed by atoms with van der Waals surface area (Å²) < 4.78 is 5.67. The predicted octanol–water partition coefficient (Wildman–Crippen LogP) is 1.48. The number of benzene rings is 2. The lowest BCUT2D eigenvalue weighted by atomic mass is 10.2. The highest BCUT2D eigenvalue weighted by Crippen LogP contribution is 2.10. The van der Waals surface area contributed by atoms with Crippen molar-refractivity contribution in [1.82, 2.24) is 0 Å². The van der Waals surface area contributed by atoms with E-state index in [0.717, 1.165) is 10.6 Å². The molecule has 1 unspecified atom stereocenters. The van der Waals surface area contributed by atoms with Gasteiger partial charge in [-0.1, -0.05) is 24.3 Å². The summed E-state index contributed by atoms with van der Waals surface area (Å²) in [5.41, 5.74) is 1.16. The Morgan fingerprint density at radius 2 is 2.00 bits per heavy atom. The minimum Gasteiger partial charge on any atom is -0.488 e. The van der Waals surface area contributed by atoms with Crippen molar-refractivity contribution in [2.45, 2.75) is 13.0 Å². The summed E-state index contributed by atoms with van der Waals surface area (Å²) in [6.07, 6.45) is 0. The number of ether oxygens (including phenoxy) is 1. The molecular weight excluding hydrogens is 302 g/mol. The first-order valence-corrected chi connectivity index (χ1v) is 7.91. The highest BCUT2D eigenvalue weighted by atomic mass is 16.5. The molecule has 0 saturated heterocycles. The van der Waals surface area contributed by atoms with Crippen LogP contribution in [-0.2, 0) is 4.79 Å². The molecule has 0 saturated carbocycles. The Labute approximate surface area is 142 Å². The quantitative estimate of drug-likeness (QED) is 0.811. The van der Waals surface area contributed by atoms with Gasteiger partial charge in [-0.25, -0.2) is 0 Å². The Morgan fingerprint density at radius 1 is 1.25 bits per heavy atom. The third-order valence-electron chi connectivity index (χ3n) is 3.90. The molecule has 5 nitrogen and oxygen atoms in total. The predicted molar refractivity (Wildman–Crippen MR) is 92.9 cm³/mol. The average Bonchev–Trinajstić information content (AvgIpc) is 2.62. The Bertz CT molecular complexity index is 710. The normalized spacial score (nSPS) is 12.7. The van der Waals surface area contributed by atoms with E-state index in [2.05, 4.69) is 11.4 Å². The van der Waals surface area contributed by atoms with Crippen molar-refractivity contribution >= 4 is 11.6 Å². The van der Waals surface area contributed by atoms with Crippen LogP contribution in [0.1, 0.15) is 12.5 Å². The molecule has 0 aliphatic carbocycles. The summed E-state index contributed by atoms with van der Waals surface area (Å²) in [5.74, 6) is 0.748. The number of hydrogen-bond acceptors (Lipinski definition) is 3. The molecular formula is C19H22N3O2+. The van der Waals surface area contributed by atoms with Crippen molar-refractivity contribution < 1.29 is 14.4 Å². The van der Waals surface area contributed by atoms with Gasteiger partial charge in [-0.2, -0.15) is 5.26 Å². The Balaban J connectivity index is 1.82. The van der Waals surface area contributed by atoms with Crippen LogP contribution in [0, 0.1) is 11.3 Å². The van der Waals surface area contributed by atoms with Gasteiger partial charge in [0.15, 0.2) is 6.04 Å². The van der Waals surface area contributed by atoms with Gasteiger partial charge < -0.3 is 15.0 Å². The number of nitriles is 1. The maximum atomic E-state index is 12.3. The van der Waals surface area contributed by atoms with Crippen LogP contribution in [0.3, 0.4) is 0 Å². The van der Waals surface area contributed by atoms with Crippen molar-refractivity contribution in [2.75, 3.05) is 25.5 Å². The minimum absolute atomic E-state index is 0.0812. The molecule has 2 N–H and O–H groups in total. The van der Waals surface area contributed by atoms with Gasteiger partial charge in [0.1, 0.15) is 18.9 Å². The Hall–Kier alpha value is -2.84. The first-order valence-electron chi connectivity index (χ1n) is 7.91.